The lowest BCUT2D eigenvalue weighted by atomic mass is 10.2. The van der Waals surface area contributed by atoms with Crippen LogP contribution in [0.15, 0.2) is 24.3 Å². The summed E-state index contributed by atoms with van der Waals surface area (Å²) in [5, 5.41) is 5.48. The van der Waals surface area contributed by atoms with Gasteiger partial charge in [-0.1, -0.05) is 12.1 Å². The normalized spacial score (nSPS) is 16.8. The van der Waals surface area contributed by atoms with Gasteiger partial charge in [0.15, 0.2) is 0 Å². The number of para-hydroxylation sites is 1. The molecule has 1 atom stereocenters. The first-order valence-corrected chi connectivity index (χ1v) is 8.23. The largest absolute Gasteiger partial charge is 0.353 e. The number of amides is 3. The van der Waals surface area contributed by atoms with Gasteiger partial charge in [-0.2, -0.15) is 0 Å². The molecule has 1 aromatic rings. The molecule has 1 aliphatic rings. The maximum atomic E-state index is 13.6. The summed E-state index contributed by atoms with van der Waals surface area (Å²) in [4.78, 5) is 28.0. The van der Waals surface area contributed by atoms with Crippen molar-refractivity contribution < 1.29 is 14.0 Å². The van der Waals surface area contributed by atoms with Gasteiger partial charge in [0.1, 0.15) is 5.82 Å². The van der Waals surface area contributed by atoms with E-state index in [-0.39, 0.29) is 29.7 Å². The van der Waals surface area contributed by atoms with Crippen molar-refractivity contribution in [2.24, 2.45) is 0 Å². The van der Waals surface area contributed by atoms with Gasteiger partial charge in [0.05, 0.1) is 11.7 Å². The summed E-state index contributed by atoms with van der Waals surface area (Å²) in [5.41, 5.74) is 0.176. The summed E-state index contributed by atoms with van der Waals surface area (Å²) in [6.45, 7) is 7.94. The maximum absolute atomic E-state index is 13.6. The van der Waals surface area contributed by atoms with Crippen LogP contribution in [0.4, 0.5) is 14.9 Å². The van der Waals surface area contributed by atoms with E-state index in [0.29, 0.717) is 26.2 Å². The Morgan fingerprint density at radius 1 is 1.08 bits per heavy atom. The molecule has 132 valence electrons. The zero-order valence-corrected chi connectivity index (χ0v) is 14.4. The predicted octanol–water partition coefficient (Wildman–Crippen LogP) is 1.89. The minimum absolute atomic E-state index is 0.00532. The van der Waals surface area contributed by atoms with Gasteiger partial charge in [0.25, 0.3) is 0 Å². The summed E-state index contributed by atoms with van der Waals surface area (Å²) in [6.07, 6.45) is 0. The van der Waals surface area contributed by atoms with Gasteiger partial charge in [-0.15, -0.1) is 0 Å². The van der Waals surface area contributed by atoms with E-state index in [0.717, 1.165) is 0 Å². The fraction of sp³-hybridized carbons (Fsp3) is 0.529. The molecule has 1 unspecified atom stereocenters. The van der Waals surface area contributed by atoms with Crippen molar-refractivity contribution in [2.45, 2.75) is 32.9 Å². The monoisotopic (exact) mass is 336 g/mol. The third-order valence-electron chi connectivity index (χ3n) is 4.08. The van der Waals surface area contributed by atoms with Gasteiger partial charge in [-0.3, -0.25) is 9.69 Å². The van der Waals surface area contributed by atoms with Gasteiger partial charge in [0, 0.05) is 32.2 Å². The summed E-state index contributed by atoms with van der Waals surface area (Å²) in [5.74, 6) is -0.460. The van der Waals surface area contributed by atoms with Crippen LogP contribution in [0.1, 0.15) is 20.8 Å². The number of carbonyl (C=O) groups excluding carboxylic acids is 2. The van der Waals surface area contributed by atoms with E-state index in [4.69, 9.17) is 0 Å². The lowest BCUT2D eigenvalue weighted by molar-refractivity contribution is -0.126. The van der Waals surface area contributed by atoms with E-state index >= 15 is 0 Å². The minimum atomic E-state index is -0.455. The molecule has 24 heavy (non-hydrogen) atoms. The van der Waals surface area contributed by atoms with E-state index in [1.54, 1.807) is 17.0 Å². The van der Waals surface area contributed by atoms with Crippen molar-refractivity contribution in [1.29, 1.82) is 0 Å². The Morgan fingerprint density at radius 2 is 1.71 bits per heavy atom. The average molecular weight is 336 g/mol. The Labute approximate surface area is 142 Å². The zero-order chi connectivity index (χ0) is 17.7. The first-order valence-electron chi connectivity index (χ1n) is 8.23. The molecule has 1 heterocycles. The Balaban J connectivity index is 1.85. The molecule has 2 rings (SSSR count). The molecule has 3 amide bonds. The van der Waals surface area contributed by atoms with Crippen molar-refractivity contribution in [1.82, 2.24) is 15.1 Å². The van der Waals surface area contributed by atoms with Crippen molar-refractivity contribution in [3.8, 4) is 0 Å². The molecule has 0 bridgehead atoms. The number of anilines is 1. The topological polar surface area (TPSA) is 64.7 Å². The SMILES string of the molecule is CC(C)NC(=O)C(C)N1CCN(C(=O)Nc2ccccc2F)CC1. The Bertz CT molecular complexity index is 586. The van der Waals surface area contributed by atoms with Crippen molar-refractivity contribution in [2.75, 3.05) is 31.5 Å². The summed E-state index contributed by atoms with van der Waals surface area (Å²) in [6, 6.07) is 5.64. The van der Waals surface area contributed by atoms with Crippen LogP contribution in [-0.2, 0) is 4.79 Å². The second kappa shape index (κ2) is 8.10. The Kier molecular flexibility index (Phi) is 6.14. The highest BCUT2D eigenvalue weighted by Gasteiger charge is 2.27. The number of rotatable bonds is 4. The quantitative estimate of drug-likeness (QED) is 0.882. The maximum Gasteiger partial charge on any atom is 0.322 e. The van der Waals surface area contributed by atoms with Crippen molar-refractivity contribution >= 4 is 17.6 Å². The zero-order valence-electron chi connectivity index (χ0n) is 14.4. The fourth-order valence-corrected chi connectivity index (χ4v) is 2.64. The standard InChI is InChI=1S/C17H25FN4O2/c1-12(2)19-16(23)13(3)21-8-10-22(11-9-21)17(24)20-15-7-5-4-6-14(15)18/h4-7,12-13H,8-11H2,1-3H3,(H,19,23)(H,20,24). The van der Waals surface area contributed by atoms with Gasteiger partial charge in [-0.05, 0) is 32.9 Å². The molecular formula is C17H25FN4O2. The smallest absolute Gasteiger partial charge is 0.322 e. The number of nitrogens with one attached hydrogen (secondary N) is 2. The van der Waals surface area contributed by atoms with Crippen molar-refractivity contribution in [3.05, 3.63) is 30.1 Å². The number of benzene rings is 1. The number of nitrogens with zero attached hydrogens (tertiary/aromatic N) is 2. The molecule has 0 aromatic heterocycles. The molecular weight excluding hydrogens is 311 g/mol. The number of halogens is 1. The molecule has 0 radical (unpaired) electrons. The van der Waals surface area contributed by atoms with Gasteiger partial charge in [0.2, 0.25) is 5.91 Å². The molecule has 6 nitrogen and oxygen atoms in total. The van der Waals surface area contributed by atoms with Crippen LogP contribution in [0, 0.1) is 5.82 Å². The Hall–Kier alpha value is -2.15. The minimum Gasteiger partial charge on any atom is -0.353 e. The molecule has 0 spiro atoms. The van der Waals surface area contributed by atoms with Gasteiger partial charge < -0.3 is 15.5 Å². The van der Waals surface area contributed by atoms with E-state index in [1.165, 1.54) is 12.1 Å². The summed E-state index contributed by atoms with van der Waals surface area (Å²) in [7, 11) is 0. The van der Waals surface area contributed by atoms with Crippen molar-refractivity contribution in [3.63, 3.8) is 0 Å². The third kappa shape index (κ3) is 4.67. The van der Waals surface area contributed by atoms with E-state index in [9.17, 15) is 14.0 Å². The lowest BCUT2D eigenvalue weighted by Crippen LogP contribution is -2.56. The van der Waals surface area contributed by atoms with Crippen LogP contribution in [0.25, 0.3) is 0 Å². The average Bonchev–Trinajstić information content (AvgIpc) is 2.55. The van der Waals surface area contributed by atoms with Crippen LogP contribution in [-0.4, -0.2) is 60.0 Å². The third-order valence-corrected chi connectivity index (χ3v) is 4.08. The van der Waals surface area contributed by atoms with Crippen LogP contribution < -0.4 is 10.6 Å². The Morgan fingerprint density at radius 3 is 2.29 bits per heavy atom. The predicted molar refractivity (Wildman–Crippen MR) is 91.3 cm³/mol. The second-order valence-corrected chi connectivity index (χ2v) is 6.27. The highest BCUT2D eigenvalue weighted by Crippen LogP contribution is 2.14. The van der Waals surface area contributed by atoms with Crippen LogP contribution in [0.2, 0.25) is 0 Å². The van der Waals surface area contributed by atoms with Gasteiger partial charge >= 0.3 is 6.03 Å². The van der Waals surface area contributed by atoms with Crippen LogP contribution >= 0.6 is 0 Å². The number of hydrogen-bond acceptors (Lipinski definition) is 3. The highest BCUT2D eigenvalue weighted by atomic mass is 19.1. The number of hydrogen-bond donors (Lipinski definition) is 2. The van der Waals surface area contributed by atoms with E-state index < -0.39 is 5.82 Å². The van der Waals surface area contributed by atoms with E-state index in [1.807, 2.05) is 25.7 Å². The number of piperazine rings is 1. The second-order valence-electron chi connectivity index (χ2n) is 6.27. The fourth-order valence-electron chi connectivity index (χ4n) is 2.64. The molecule has 1 aliphatic heterocycles. The molecule has 1 fully saturated rings. The van der Waals surface area contributed by atoms with E-state index in [2.05, 4.69) is 10.6 Å². The first-order chi connectivity index (χ1) is 11.4. The summed E-state index contributed by atoms with van der Waals surface area (Å²) < 4.78 is 13.6. The van der Waals surface area contributed by atoms with Crippen LogP contribution in [0.5, 0.6) is 0 Å². The molecule has 0 aliphatic carbocycles. The van der Waals surface area contributed by atoms with Crippen LogP contribution in [0.3, 0.4) is 0 Å². The lowest BCUT2D eigenvalue weighted by Gasteiger charge is -2.37. The first kappa shape index (κ1) is 18.2. The molecule has 1 saturated heterocycles. The highest BCUT2D eigenvalue weighted by molar-refractivity contribution is 5.89. The molecule has 2 N–H and O–H groups in total. The number of carbonyl (C=O) groups is 2. The van der Waals surface area contributed by atoms with Gasteiger partial charge in [-0.25, -0.2) is 9.18 Å². The molecule has 7 heteroatoms. The summed E-state index contributed by atoms with van der Waals surface area (Å²) >= 11 is 0. The number of urea groups is 1. The molecule has 0 saturated carbocycles. The molecule has 1 aromatic carbocycles.